The molecule has 0 bridgehead atoms. The van der Waals surface area contributed by atoms with E-state index >= 15 is 0 Å². The zero-order valence-corrected chi connectivity index (χ0v) is 16.2. The number of aryl methyl sites for hydroxylation is 1. The van der Waals surface area contributed by atoms with Gasteiger partial charge in [0.15, 0.2) is 0 Å². The van der Waals surface area contributed by atoms with E-state index in [1.807, 2.05) is 37.5 Å². The summed E-state index contributed by atoms with van der Waals surface area (Å²) in [7, 11) is 5.21. The predicted molar refractivity (Wildman–Crippen MR) is 103 cm³/mol. The molecular weight excluding hydrogens is 346 g/mol. The maximum absolute atomic E-state index is 12.3. The number of amides is 2. The maximum Gasteiger partial charge on any atom is 0.243 e. The summed E-state index contributed by atoms with van der Waals surface area (Å²) >= 11 is 0. The van der Waals surface area contributed by atoms with Crippen molar-refractivity contribution >= 4 is 11.8 Å². The lowest BCUT2D eigenvalue weighted by Crippen LogP contribution is -2.51. The quantitative estimate of drug-likeness (QED) is 0.671. The Labute approximate surface area is 159 Å². The monoisotopic (exact) mass is 373 g/mol. The van der Waals surface area contributed by atoms with Gasteiger partial charge in [0, 0.05) is 18.8 Å². The van der Waals surface area contributed by atoms with Crippen molar-refractivity contribution in [2.45, 2.75) is 13.0 Å². The number of carbonyl (C=O) groups excluding carboxylic acids is 2. The lowest BCUT2D eigenvalue weighted by Gasteiger charge is -2.27. The molecule has 2 amide bonds. The summed E-state index contributed by atoms with van der Waals surface area (Å²) in [4.78, 5) is 25.9. The minimum Gasteiger partial charge on any atom is -0.491 e. The van der Waals surface area contributed by atoms with E-state index in [4.69, 9.17) is 4.74 Å². The normalized spacial score (nSPS) is 11.9. The van der Waals surface area contributed by atoms with Crippen LogP contribution >= 0.6 is 0 Å². The van der Waals surface area contributed by atoms with Crippen molar-refractivity contribution in [1.29, 1.82) is 0 Å². The Morgan fingerprint density at radius 3 is 2.41 bits per heavy atom. The van der Waals surface area contributed by atoms with Crippen LogP contribution in [0.2, 0.25) is 0 Å². The van der Waals surface area contributed by atoms with Gasteiger partial charge in [0.25, 0.3) is 0 Å². The van der Waals surface area contributed by atoms with Crippen LogP contribution in [0.1, 0.15) is 6.92 Å². The Balaban J connectivity index is 2.06. The van der Waals surface area contributed by atoms with Crippen LogP contribution in [-0.2, 0) is 16.6 Å². The zero-order valence-electron chi connectivity index (χ0n) is 16.2. The minimum absolute atomic E-state index is 0.0935. The summed E-state index contributed by atoms with van der Waals surface area (Å²) in [5, 5.41) is 9.75. The Morgan fingerprint density at radius 1 is 1.19 bits per heavy atom. The van der Waals surface area contributed by atoms with Gasteiger partial charge in [-0.1, -0.05) is 12.1 Å². The van der Waals surface area contributed by atoms with E-state index in [1.54, 1.807) is 31.9 Å². The van der Waals surface area contributed by atoms with E-state index in [-0.39, 0.29) is 31.5 Å². The van der Waals surface area contributed by atoms with Gasteiger partial charge in [-0.15, -0.1) is 0 Å². The number of nitrogens with one attached hydrogen (secondary N) is 2. The van der Waals surface area contributed by atoms with E-state index in [0.29, 0.717) is 5.75 Å². The Bertz CT molecular complexity index is 756. The highest BCUT2D eigenvalue weighted by Gasteiger charge is 2.26. The topological polar surface area (TPSA) is 88.5 Å². The zero-order chi connectivity index (χ0) is 19.8. The van der Waals surface area contributed by atoms with Crippen LogP contribution in [0.5, 0.6) is 5.75 Å². The number of carbonyl (C=O) groups is 2. The molecule has 0 aliphatic rings. The van der Waals surface area contributed by atoms with Gasteiger partial charge in [-0.25, -0.2) is 0 Å². The molecule has 0 fully saturated rings. The fraction of sp³-hybridized carbons (Fsp3) is 0.421. The van der Waals surface area contributed by atoms with Crippen LogP contribution in [0.15, 0.2) is 36.7 Å². The molecule has 2 aromatic rings. The standard InChI is InChI=1S/C19H27N5O3/c1-14(24(18(25)10-20-2)19(26)11-21-3)13-27-17-7-5-6-15(8-17)16-9-22-23(4)12-16/h5-9,12,14,20-21H,10-11,13H2,1-4H3. The molecule has 1 aromatic carbocycles. The van der Waals surface area contributed by atoms with Gasteiger partial charge in [0.05, 0.1) is 25.3 Å². The molecule has 0 spiro atoms. The molecule has 1 unspecified atom stereocenters. The Morgan fingerprint density at radius 2 is 1.85 bits per heavy atom. The average molecular weight is 373 g/mol. The highest BCUT2D eigenvalue weighted by Crippen LogP contribution is 2.23. The molecule has 0 aliphatic heterocycles. The summed E-state index contributed by atoms with van der Waals surface area (Å²) in [6.07, 6.45) is 3.71. The number of rotatable bonds is 9. The molecular formula is C19H27N5O3. The molecule has 0 radical (unpaired) electrons. The fourth-order valence-electron chi connectivity index (χ4n) is 2.73. The number of nitrogens with zero attached hydrogens (tertiary/aromatic N) is 3. The van der Waals surface area contributed by atoms with E-state index in [0.717, 1.165) is 11.1 Å². The van der Waals surface area contributed by atoms with Gasteiger partial charge in [0.2, 0.25) is 11.8 Å². The fourth-order valence-corrected chi connectivity index (χ4v) is 2.73. The molecule has 27 heavy (non-hydrogen) atoms. The van der Waals surface area contributed by atoms with Crippen molar-refractivity contribution < 1.29 is 14.3 Å². The van der Waals surface area contributed by atoms with E-state index in [1.165, 1.54) is 4.90 Å². The molecule has 0 saturated heterocycles. The van der Waals surface area contributed by atoms with E-state index in [2.05, 4.69) is 15.7 Å². The number of aromatic nitrogens is 2. The lowest BCUT2D eigenvalue weighted by molar-refractivity contribution is -0.146. The minimum atomic E-state index is -0.395. The van der Waals surface area contributed by atoms with Crippen molar-refractivity contribution in [3.8, 4) is 16.9 Å². The molecule has 8 heteroatoms. The molecule has 0 aliphatic carbocycles. The number of ether oxygens (including phenoxy) is 1. The number of benzene rings is 1. The van der Waals surface area contributed by atoms with Crippen molar-refractivity contribution in [3.63, 3.8) is 0 Å². The van der Waals surface area contributed by atoms with Crippen molar-refractivity contribution in [2.75, 3.05) is 33.8 Å². The van der Waals surface area contributed by atoms with Crippen LogP contribution in [-0.4, -0.2) is 66.3 Å². The smallest absolute Gasteiger partial charge is 0.243 e. The lowest BCUT2D eigenvalue weighted by atomic mass is 10.1. The predicted octanol–water partition coefficient (Wildman–Crippen LogP) is 0.648. The average Bonchev–Trinajstić information content (AvgIpc) is 3.07. The van der Waals surface area contributed by atoms with Gasteiger partial charge in [-0.05, 0) is 38.7 Å². The third-order valence-electron chi connectivity index (χ3n) is 4.00. The van der Waals surface area contributed by atoms with Crippen molar-refractivity contribution in [3.05, 3.63) is 36.7 Å². The van der Waals surface area contributed by atoms with E-state index in [9.17, 15) is 9.59 Å². The second-order valence-electron chi connectivity index (χ2n) is 6.31. The first-order valence-electron chi connectivity index (χ1n) is 8.82. The summed E-state index contributed by atoms with van der Waals surface area (Å²) in [5.41, 5.74) is 1.98. The molecule has 1 atom stereocenters. The molecule has 8 nitrogen and oxygen atoms in total. The molecule has 1 heterocycles. The van der Waals surface area contributed by atoms with Gasteiger partial charge in [-0.3, -0.25) is 19.2 Å². The van der Waals surface area contributed by atoms with Gasteiger partial charge in [0.1, 0.15) is 12.4 Å². The van der Waals surface area contributed by atoms with Gasteiger partial charge < -0.3 is 15.4 Å². The summed E-state index contributed by atoms with van der Waals surface area (Å²) in [6.45, 7) is 2.19. The van der Waals surface area contributed by atoms with Gasteiger partial charge in [-0.2, -0.15) is 5.10 Å². The first kappa shape index (κ1) is 20.6. The third-order valence-corrected chi connectivity index (χ3v) is 4.00. The summed E-state index contributed by atoms with van der Waals surface area (Å²) < 4.78 is 7.60. The largest absolute Gasteiger partial charge is 0.491 e. The first-order chi connectivity index (χ1) is 13.0. The van der Waals surface area contributed by atoms with Crippen LogP contribution in [0, 0.1) is 0 Å². The SMILES string of the molecule is CNCC(=O)N(C(=O)CNC)C(C)COc1cccc(-c2cnn(C)c2)c1. The maximum atomic E-state index is 12.3. The van der Waals surface area contributed by atoms with Crippen LogP contribution in [0.25, 0.3) is 11.1 Å². The second kappa shape index (κ2) is 9.84. The van der Waals surface area contributed by atoms with Crippen molar-refractivity contribution in [1.82, 2.24) is 25.3 Å². The molecule has 146 valence electrons. The van der Waals surface area contributed by atoms with E-state index < -0.39 is 6.04 Å². The van der Waals surface area contributed by atoms with Crippen LogP contribution in [0.4, 0.5) is 0 Å². The summed E-state index contributed by atoms with van der Waals surface area (Å²) in [5.74, 6) is 0.112. The highest BCUT2D eigenvalue weighted by molar-refractivity contribution is 5.97. The highest BCUT2D eigenvalue weighted by atomic mass is 16.5. The van der Waals surface area contributed by atoms with Crippen LogP contribution < -0.4 is 15.4 Å². The summed E-state index contributed by atoms with van der Waals surface area (Å²) in [6, 6.07) is 7.25. The number of imide groups is 1. The van der Waals surface area contributed by atoms with Crippen molar-refractivity contribution in [2.24, 2.45) is 7.05 Å². The molecule has 2 N–H and O–H groups in total. The first-order valence-corrected chi connectivity index (χ1v) is 8.82. The second-order valence-corrected chi connectivity index (χ2v) is 6.31. The number of likely N-dealkylation sites (N-methyl/N-ethyl adjacent to an activating group) is 2. The molecule has 1 aromatic heterocycles. The Hall–Kier alpha value is -2.71. The number of hydrogen-bond donors (Lipinski definition) is 2. The van der Waals surface area contributed by atoms with Crippen LogP contribution in [0.3, 0.4) is 0 Å². The Kier molecular flexibility index (Phi) is 7.51. The molecule has 2 rings (SSSR count). The molecule has 0 saturated carbocycles. The number of hydrogen-bond acceptors (Lipinski definition) is 6. The van der Waals surface area contributed by atoms with Gasteiger partial charge >= 0.3 is 0 Å². The third kappa shape index (κ3) is 5.63.